The van der Waals surface area contributed by atoms with Gasteiger partial charge in [-0.2, -0.15) is 0 Å². The Balaban J connectivity index is 1.02. The van der Waals surface area contributed by atoms with Crippen LogP contribution in [0.15, 0.2) is 54.9 Å². The number of phenolic OH excluding ortho intramolecular Hbond substituents is 2. The van der Waals surface area contributed by atoms with Crippen LogP contribution >= 0.6 is 21.6 Å². The maximum Gasteiger partial charge on any atom is 0.220 e. The molecule has 4 aromatic rings. The maximum absolute atomic E-state index is 13.0. The van der Waals surface area contributed by atoms with E-state index in [0.29, 0.717) is 68.3 Å². The first-order valence-corrected chi connectivity index (χ1v) is 32.5. The molecule has 18 heteroatoms. The molecule has 11 rings (SSSR count). The normalized spacial score (nSPS) is 33.6. The standard InChI is InChI=1S/C64H87N3O13S2/c1-38-11-14-43-15-18-53(69)48-29-62(74)66-52(48)10-7-21-78-36-67-33-42-8-6-9-46(50(42)34-67)55(71)30-61-47-28-56(72)58(80-45-17-13-41-32-65-20-5-4-19-64(43,31-38)51(41)26-45)25-40(47)12-16-44(79-37-68)27-54(70)49(57(73)35-81-82-61)22-39-23-59(76-2)63(75)60(24-39)77-3/h6,8-9,23-25,28,33-34,38,41,43-45,48-49,51-55,57,61,65,68-73,75H,5,7,10-18,20-22,26-27,29-32,35-37H2,1-3H3,(H,66,74)/t38-,41+,43-,44+,45-,48+,49+,51-,52+,53-,54-,55+,57+,61+,64-/m1/s1. The van der Waals surface area contributed by atoms with Gasteiger partial charge in [-0.05, 0) is 172 Å². The van der Waals surface area contributed by atoms with Crippen LogP contribution in [0.5, 0.6) is 28.7 Å². The Kier molecular flexibility index (Phi) is 20.6. The van der Waals surface area contributed by atoms with Crippen molar-refractivity contribution in [2.24, 2.45) is 40.9 Å². The molecule has 1 aromatic heterocycles. The van der Waals surface area contributed by atoms with Gasteiger partial charge in [-0.15, -0.1) is 5.92 Å². The summed E-state index contributed by atoms with van der Waals surface area (Å²) in [5.74, 6) is 8.82. The van der Waals surface area contributed by atoms with Crippen molar-refractivity contribution in [1.29, 1.82) is 0 Å². The van der Waals surface area contributed by atoms with Gasteiger partial charge in [-0.25, -0.2) is 0 Å². The molecule has 1 saturated heterocycles. The van der Waals surface area contributed by atoms with Crippen molar-refractivity contribution in [2.45, 2.75) is 171 Å². The lowest BCUT2D eigenvalue weighted by Gasteiger charge is -2.53. The molecule has 3 aromatic carbocycles. The average Bonchev–Trinajstić information content (AvgIpc) is 4.01. The van der Waals surface area contributed by atoms with E-state index in [1.165, 1.54) is 35.8 Å². The third-order valence-electron chi connectivity index (χ3n) is 19.2. The van der Waals surface area contributed by atoms with E-state index in [9.17, 15) is 40.5 Å². The number of nitrogens with one attached hydrogen (secondary N) is 2. The van der Waals surface area contributed by atoms with Crippen LogP contribution in [-0.2, 0) is 33.8 Å². The second-order valence-corrected chi connectivity index (χ2v) is 27.1. The predicted molar refractivity (Wildman–Crippen MR) is 318 cm³/mol. The zero-order valence-electron chi connectivity index (χ0n) is 47.9. The summed E-state index contributed by atoms with van der Waals surface area (Å²) in [6.07, 6.45) is 10.2. The number of carbonyl (C=O) groups excluding carboxylic acids is 1. The molecule has 5 aliphatic heterocycles. The van der Waals surface area contributed by atoms with Gasteiger partial charge in [0.25, 0.3) is 0 Å². The van der Waals surface area contributed by atoms with Crippen LogP contribution in [-0.4, -0.2) is 129 Å². The molecule has 2 aliphatic carbocycles. The van der Waals surface area contributed by atoms with Crippen LogP contribution in [0.4, 0.5) is 0 Å². The van der Waals surface area contributed by atoms with Crippen molar-refractivity contribution in [3.63, 3.8) is 0 Å². The second kappa shape index (κ2) is 27.8. The van der Waals surface area contributed by atoms with E-state index < -0.39 is 48.5 Å². The molecule has 82 heavy (non-hydrogen) atoms. The number of fused-ring (bicyclic) bond motifs is 8. The number of carbonyl (C=O) groups is 1. The molecular formula is C64H87N3O13S2. The molecule has 6 heterocycles. The third kappa shape index (κ3) is 14.0. The number of amides is 1. The number of rotatable bonds is 6. The van der Waals surface area contributed by atoms with Crippen molar-refractivity contribution >= 4 is 38.3 Å². The van der Waals surface area contributed by atoms with Crippen molar-refractivity contribution in [3.05, 3.63) is 77.1 Å². The fourth-order valence-corrected chi connectivity index (χ4v) is 17.9. The van der Waals surface area contributed by atoms with Gasteiger partial charge in [0.2, 0.25) is 11.7 Å². The number of aromatic nitrogens is 1. The number of methoxy groups -OCH3 is 2. The summed E-state index contributed by atoms with van der Waals surface area (Å²) in [6.45, 7) is 4.24. The SMILES string of the molecule is COc1cc(C[C@H]2[C@H](O)C[C@@H](OCO)CCc3cc4c(O)cc3[C@H](C[C@H](O)c3cccc5cn(cc35)COCCC[C@@H]3NC(=O)C[C@@H]3[C@H](O)CC[C@H]3CC[C@@H](C)C[C@]35C#CCCNC[C@@H]3CC[C@H](C[C@H]35)O4)SSC[C@@H]2O)cc(OC)c1O. The molecule has 0 radical (unpaired) electrons. The molecule has 1 amide bonds. The Morgan fingerprint density at radius 3 is 2.51 bits per heavy atom. The first kappa shape index (κ1) is 60.7. The first-order chi connectivity index (χ1) is 39.7. The van der Waals surface area contributed by atoms with E-state index in [1.807, 2.05) is 41.2 Å². The lowest BCUT2D eigenvalue weighted by Crippen LogP contribution is -2.50. The Morgan fingerprint density at radius 2 is 1.71 bits per heavy atom. The molecule has 448 valence electrons. The molecule has 3 fully saturated rings. The predicted octanol–water partition coefficient (Wildman–Crippen LogP) is 8.86. The Morgan fingerprint density at radius 1 is 0.890 bits per heavy atom. The number of aliphatic hydroxyl groups excluding tert-OH is 5. The quantitative estimate of drug-likeness (QED) is 0.0498. The Labute approximate surface area is 491 Å². The lowest BCUT2D eigenvalue weighted by molar-refractivity contribution is -0.119. The van der Waals surface area contributed by atoms with Crippen molar-refractivity contribution in [2.75, 3.05) is 46.5 Å². The third-order valence-corrected chi connectivity index (χ3v) is 22.0. The van der Waals surface area contributed by atoms with Crippen molar-refractivity contribution in [1.82, 2.24) is 15.2 Å². The number of phenols is 2. The number of nitrogens with zero attached hydrogens (tertiary/aromatic N) is 1. The summed E-state index contributed by atoms with van der Waals surface area (Å²) in [7, 11) is 5.84. The summed E-state index contributed by atoms with van der Waals surface area (Å²) >= 11 is 0. The molecule has 7 aliphatic rings. The minimum absolute atomic E-state index is 0.00720. The highest BCUT2D eigenvalue weighted by molar-refractivity contribution is 8.76. The zero-order valence-corrected chi connectivity index (χ0v) is 49.5. The summed E-state index contributed by atoms with van der Waals surface area (Å²) in [6, 6.07) is 12.9. The average molecular weight is 1170 g/mol. The van der Waals surface area contributed by atoms with Crippen LogP contribution in [0.2, 0.25) is 0 Å². The largest absolute Gasteiger partial charge is 0.504 e. The number of hydrogen-bond acceptors (Lipinski definition) is 16. The van der Waals surface area contributed by atoms with Gasteiger partial charge in [-0.3, -0.25) is 4.79 Å². The lowest BCUT2D eigenvalue weighted by atomic mass is 9.51. The second-order valence-electron chi connectivity index (χ2n) is 24.5. The molecule has 1 spiro atoms. The summed E-state index contributed by atoms with van der Waals surface area (Å²) < 4.78 is 32.3. The van der Waals surface area contributed by atoms with Gasteiger partial charge < -0.3 is 74.6 Å². The Bertz CT molecular complexity index is 2830. The van der Waals surface area contributed by atoms with Gasteiger partial charge >= 0.3 is 0 Å². The molecule has 2 saturated carbocycles. The van der Waals surface area contributed by atoms with Gasteiger partial charge in [0.05, 0.1) is 50.8 Å². The molecule has 0 unspecified atom stereocenters. The fourth-order valence-electron chi connectivity index (χ4n) is 15.0. The van der Waals surface area contributed by atoms with Gasteiger partial charge in [-0.1, -0.05) is 59.1 Å². The minimum atomic E-state index is -1.08. The Hall–Kier alpha value is -4.39. The van der Waals surface area contributed by atoms with E-state index in [-0.39, 0.29) is 96.0 Å². The van der Waals surface area contributed by atoms with Gasteiger partial charge in [0.15, 0.2) is 23.0 Å². The number of benzene rings is 3. The highest BCUT2D eigenvalue weighted by Crippen LogP contribution is 2.57. The van der Waals surface area contributed by atoms with Gasteiger partial charge in [0, 0.05) is 78.1 Å². The topological polar surface area (TPSA) is 234 Å². The molecule has 9 N–H and O–H groups in total. The molecule has 16 nitrogen and oxygen atoms in total. The van der Waals surface area contributed by atoms with E-state index in [4.69, 9.17) is 23.7 Å². The van der Waals surface area contributed by atoms with Crippen LogP contribution in [0.3, 0.4) is 0 Å². The fraction of sp³-hybridized carbons (Fsp3) is 0.641. The van der Waals surface area contributed by atoms with E-state index >= 15 is 0 Å². The summed E-state index contributed by atoms with van der Waals surface area (Å²) in [4.78, 5) is 13.0. The van der Waals surface area contributed by atoms with Gasteiger partial charge in [0.1, 0.15) is 13.5 Å². The maximum atomic E-state index is 13.0. The summed E-state index contributed by atoms with van der Waals surface area (Å²) in [5.41, 5.74) is 2.78. The van der Waals surface area contributed by atoms with Crippen molar-refractivity contribution < 1.29 is 64.2 Å². The number of hydrogen-bond donors (Lipinski definition) is 9. The zero-order chi connectivity index (χ0) is 57.5. The molecule has 8 bridgehead atoms. The van der Waals surface area contributed by atoms with Crippen LogP contribution < -0.4 is 24.8 Å². The van der Waals surface area contributed by atoms with Crippen LogP contribution in [0, 0.1) is 52.8 Å². The molecule has 15 atom stereocenters. The van der Waals surface area contributed by atoms with E-state index in [1.54, 1.807) is 18.2 Å². The number of aromatic hydroxyl groups is 2. The highest BCUT2D eigenvalue weighted by Gasteiger charge is 2.52. The number of aliphatic hydroxyl groups is 5. The van der Waals surface area contributed by atoms with E-state index in [2.05, 4.69) is 29.4 Å². The monoisotopic (exact) mass is 1170 g/mol. The minimum Gasteiger partial charge on any atom is -0.504 e. The van der Waals surface area contributed by atoms with E-state index in [0.717, 1.165) is 91.9 Å². The smallest absolute Gasteiger partial charge is 0.220 e. The van der Waals surface area contributed by atoms with Crippen LogP contribution in [0.25, 0.3) is 10.8 Å². The van der Waals surface area contributed by atoms with Crippen molar-refractivity contribution in [3.8, 4) is 40.6 Å². The highest BCUT2D eigenvalue weighted by atomic mass is 33.1. The summed E-state index contributed by atoms with van der Waals surface area (Å²) in [5, 5.41) is 90.6. The molecular weight excluding hydrogens is 1080 g/mol. The van der Waals surface area contributed by atoms with Crippen LogP contribution in [0.1, 0.15) is 137 Å². The number of aryl methyl sites for hydroxylation is 1. The number of ether oxygens (including phenoxy) is 5. The first-order valence-electron chi connectivity index (χ1n) is 30.1.